The number of ether oxygens (including phenoxy) is 1. The number of benzene rings is 1. The van der Waals surface area contributed by atoms with Crippen LogP contribution in [0.4, 0.5) is 4.39 Å². The molecule has 0 bridgehead atoms. The summed E-state index contributed by atoms with van der Waals surface area (Å²) in [5.41, 5.74) is -0.449. The van der Waals surface area contributed by atoms with E-state index < -0.39 is 39.9 Å². The second-order valence-electron chi connectivity index (χ2n) is 6.18. The van der Waals surface area contributed by atoms with E-state index >= 15 is 0 Å². The Morgan fingerprint density at radius 2 is 1.92 bits per heavy atom. The van der Waals surface area contributed by atoms with E-state index in [2.05, 4.69) is 10.0 Å². The number of rotatable bonds is 7. The van der Waals surface area contributed by atoms with Crippen LogP contribution in [0.2, 0.25) is 5.02 Å². The van der Waals surface area contributed by atoms with E-state index in [0.29, 0.717) is 0 Å². The van der Waals surface area contributed by atoms with Gasteiger partial charge in [0.05, 0.1) is 16.3 Å². The molecule has 2 N–H and O–H groups in total. The molecule has 0 radical (unpaired) electrons. The number of nitrogens with one attached hydrogen (secondary N) is 2. The number of carbonyl (C=O) groups excluding carboxylic acids is 2. The molecule has 1 aromatic rings. The average molecular weight is 395 g/mol. The van der Waals surface area contributed by atoms with Gasteiger partial charge in [-0.3, -0.25) is 9.59 Å². The van der Waals surface area contributed by atoms with Crippen molar-refractivity contribution in [1.29, 1.82) is 0 Å². The summed E-state index contributed by atoms with van der Waals surface area (Å²) in [6.45, 7) is 4.66. The van der Waals surface area contributed by atoms with Gasteiger partial charge in [-0.05, 0) is 39.0 Å². The lowest BCUT2D eigenvalue weighted by Crippen LogP contribution is -2.42. The van der Waals surface area contributed by atoms with Crippen molar-refractivity contribution in [2.45, 2.75) is 37.6 Å². The van der Waals surface area contributed by atoms with Crippen molar-refractivity contribution in [2.75, 3.05) is 13.2 Å². The van der Waals surface area contributed by atoms with E-state index in [0.717, 1.165) is 18.2 Å². The SMILES string of the molecule is CC(C)(C)NC(=O)COC(=O)CCNS(=O)(=O)c1ccc(F)c(Cl)c1. The third kappa shape index (κ3) is 7.80. The Labute approximate surface area is 150 Å². The molecular weight excluding hydrogens is 375 g/mol. The van der Waals surface area contributed by atoms with Crippen LogP contribution in [0.25, 0.3) is 0 Å². The van der Waals surface area contributed by atoms with Gasteiger partial charge in [0.25, 0.3) is 5.91 Å². The fraction of sp³-hybridized carbons (Fsp3) is 0.467. The van der Waals surface area contributed by atoms with Gasteiger partial charge in [0.15, 0.2) is 6.61 Å². The third-order valence-corrected chi connectivity index (χ3v) is 4.45. The van der Waals surface area contributed by atoms with Crippen LogP contribution in [0, 0.1) is 5.82 Å². The van der Waals surface area contributed by atoms with Gasteiger partial charge >= 0.3 is 5.97 Å². The molecule has 1 amide bonds. The molecule has 0 aliphatic rings. The van der Waals surface area contributed by atoms with Gasteiger partial charge in [-0.25, -0.2) is 17.5 Å². The van der Waals surface area contributed by atoms with E-state index in [1.54, 1.807) is 20.8 Å². The van der Waals surface area contributed by atoms with Gasteiger partial charge in [0.1, 0.15) is 5.82 Å². The van der Waals surface area contributed by atoms with E-state index in [4.69, 9.17) is 16.3 Å². The van der Waals surface area contributed by atoms with Gasteiger partial charge in [0, 0.05) is 12.1 Å². The Kier molecular flexibility index (Phi) is 7.33. The van der Waals surface area contributed by atoms with Gasteiger partial charge in [-0.1, -0.05) is 11.6 Å². The molecule has 1 aromatic carbocycles. The maximum atomic E-state index is 13.1. The molecule has 0 unspecified atom stereocenters. The number of sulfonamides is 1. The lowest BCUT2D eigenvalue weighted by atomic mass is 10.1. The highest BCUT2D eigenvalue weighted by Gasteiger charge is 2.18. The summed E-state index contributed by atoms with van der Waals surface area (Å²) in [6, 6.07) is 2.95. The zero-order valence-corrected chi connectivity index (χ0v) is 15.6. The Morgan fingerprint density at radius 3 is 2.48 bits per heavy atom. The summed E-state index contributed by atoms with van der Waals surface area (Å²) in [5.74, 6) is -1.93. The van der Waals surface area contributed by atoms with Crippen molar-refractivity contribution in [2.24, 2.45) is 0 Å². The van der Waals surface area contributed by atoms with Crippen molar-refractivity contribution in [1.82, 2.24) is 10.0 Å². The van der Waals surface area contributed by atoms with Crippen LogP contribution >= 0.6 is 11.6 Å². The highest BCUT2D eigenvalue weighted by Crippen LogP contribution is 2.19. The minimum absolute atomic E-state index is 0.225. The molecule has 10 heteroatoms. The molecule has 25 heavy (non-hydrogen) atoms. The van der Waals surface area contributed by atoms with Crippen LogP contribution in [-0.2, 0) is 24.3 Å². The minimum atomic E-state index is -3.94. The van der Waals surface area contributed by atoms with Crippen molar-refractivity contribution in [3.05, 3.63) is 29.0 Å². The molecule has 0 heterocycles. The van der Waals surface area contributed by atoms with E-state index in [-0.39, 0.29) is 22.9 Å². The van der Waals surface area contributed by atoms with Gasteiger partial charge < -0.3 is 10.1 Å². The third-order valence-electron chi connectivity index (χ3n) is 2.70. The second kappa shape index (κ2) is 8.59. The summed E-state index contributed by atoms with van der Waals surface area (Å²) < 4.78 is 44.0. The normalized spacial score (nSPS) is 11.9. The molecule has 0 aromatic heterocycles. The topological polar surface area (TPSA) is 102 Å². The molecule has 7 nitrogen and oxygen atoms in total. The molecule has 0 fully saturated rings. The van der Waals surface area contributed by atoms with E-state index in [1.807, 2.05) is 0 Å². The Hall–Kier alpha value is -1.71. The summed E-state index contributed by atoms with van der Waals surface area (Å²) in [4.78, 5) is 22.8. The Morgan fingerprint density at radius 1 is 1.28 bits per heavy atom. The fourth-order valence-corrected chi connectivity index (χ4v) is 2.99. The zero-order chi connectivity index (χ0) is 19.3. The molecule has 1 rings (SSSR count). The van der Waals surface area contributed by atoms with Crippen LogP contribution < -0.4 is 10.0 Å². The molecule has 0 aliphatic heterocycles. The number of carbonyl (C=O) groups is 2. The average Bonchev–Trinajstić information content (AvgIpc) is 2.46. The van der Waals surface area contributed by atoms with Crippen LogP contribution in [0.5, 0.6) is 0 Å². The first-order valence-corrected chi connectivity index (χ1v) is 9.18. The second-order valence-corrected chi connectivity index (χ2v) is 8.36. The van der Waals surface area contributed by atoms with E-state index in [9.17, 15) is 22.4 Å². The fourth-order valence-electron chi connectivity index (χ4n) is 1.69. The molecule has 0 atom stereocenters. The Bertz CT molecular complexity index is 747. The standard InChI is InChI=1S/C15H20ClFN2O5S/c1-15(2,3)19-13(20)9-24-14(21)6-7-18-25(22,23)10-4-5-12(17)11(16)8-10/h4-5,8,18H,6-7,9H2,1-3H3,(H,19,20). The summed E-state index contributed by atoms with van der Waals surface area (Å²) in [7, 11) is -3.94. The van der Waals surface area contributed by atoms with Crippen molar-refractivity contribution in [3.63, 3.8) is 0 Å². The van der Waals surface area contributed by atoms with E-state index in [1.165, 1.54) is 0 Å². The van der Waals surface area contributed by atoms with Crippen LogP contribution in [0.3, 0.4) is 0 Å². The first kappa shape index (κ1) is 21.3. The lowest BCUT2D eigenvalue weighted by Gasteiger charge is -2.20. The monoisotopic (exact) mass is 394 g/mol. The first-order valence-electron chi connectivity index (χ1n) is 7.32. The first-order chi connectivity index (χ1) is 11.4. The smallest absolute Gasteiger partial charge is 0.307 e. The van der Waals surface area contributed by atoms with Crippen molar-refractivity contribution < 1.29 is 27.1 Å². The van der Waals surface area contributed by atoms with Crippen molar-refractivity contribution >= 4 is 33.5 Å². The largest absolute Gasteiger partial charge is 0.456 e. The van der Waals surface area contributed by atoms with Gasteiger partial charge in [-0.2, -0.15) is 0 Å². The summed E-state index contributed by atoms with van der Waals surface area (Å²) >= 11 is 5.54. The zero-order valence-electron chi connectivity index (χ0n) is 14.1. The van der Waals surface area contributed by atoms with Crippen LogP contribution in [0.1, 0.15) is 27.2 Å². The Balaban J connectivity index is 2.44. The maximum Gasteiger partial charge on any atom is 0.307 e. The number of esters is 1. The molecule has 0 spiro atoms. The minimum Gasteiger partial charge on any atom is -0.456 e. The van der Waals surface area contributed by atoms with Crippen LogP contribution in [-0.4, -0.2) is 39.0 Å². The number of hydrogen-bond donors (Lipinski definition) is 2. The number of halogens is 2. The predicted octanol–water partition coefficient (Wildman–Crippen LogP) is 1.61. The van der Waals surface area contributed by atoms with Gasteiger partial charge in [-0.15, -0.1) is 0 Å². The number of amides is 1. The maximum absolute atomic E-state index is 13.1. The quantitative estimate of drug-likeness (QED) is 0.684. The van der Waals surface area contributed by atoms with Crippen LogP contribution in [0.15, 0.2) is 23.1 Å². The highest BCUT2D eigenvalue weighted by molar-refractivity contribution is 7.89. The van der Waals surface area contributed by atoms with Crippen molar-refractivity contribution in [3.8, 4) is 0 Å². The number of hydrogen-bond acceptors (Lipinski definition) is 5. The lowest BCUT2D eigenvalue weighted by molar-refractivity contribution is -0.148. The summed E-state index contributed by atoms with van der Waals surface area (Å²) in [6.07, 6.45) is -0.267. The molecular formula is C15H20ClFN2O5S. The predicted molar refractivity (Wildman–Crippen MR) is 90.1 cm³/mol. The summed E-state index contributed by atoms with van der Waals surface area (Å²) in [5, 5.41) is 2.29. The highest BCUT2D eigenvalue weighted by atomic mass is 35.5. The van der Waals surface area contributed by atoms with Gasteiger partial charge in [0.2, 0.25) is 10.0 Å². The molecule has 140 valence electrons. The molecule has 0 aliphatic carbocycles. The molecule has 0 saturated carbocycles. The molecule has 0 saturated heterocycles.